The van der Waals surface area contributed by atoms with Gasteiger partial charge in [-0.25, -0.2) is 4.79 Å². The molecular weight excluding hydrogens is 294 g/mol. The maximum Gasteiger partial charge on any atom is 0.408 e. The minimum atomic E-state index is -0.560. The number of amides is 1. The van der Waals surface area contributed by atoms with Gasteiger partial charge >= 0.3 is 12.1 Å². The highest BCUT2D eigenvalue weighted by Gasteiger charge is 2.59. The van der Waals surface area contributed by atoms with E-state index in [-0.39, 0.29) is 30.0 Å². The molecule has 5 heteroatoms. The van der Waals surface area contributed by atoms with E-state index in [0.29, 0.717) is 6.42 Å². The summed E-state index contributed by atoms with van der Waals surface area (Å²) < 4.78 is 10.8. The summed E-state index contributed by atoms with van der Waals surface area (Å²) in [7, 11) is 0. The first-order valence-corrected chi connectivity index (χ1v) is 8.07. The van der Waals surface area contributed by atoms with E-state index in [4.69, 9.17) is 9.47 Å². The molecule has 5 nitrogen and oxygen atoms in total. The highest BCUT2D eigenvalue weighted by atomic mass is 16.6. The molecular formula is C18H23NO4. The van der Waals surface area contributed by atoms with Crippen molar-refractivity contribution in [3.05, 3.63) is 35.9 Å². The molecule has 2 aliphatic rings. The second-order valence-electron chi connectivity index (χ2n) is 7.35. The van der Waals surface area contributed by atoms with Gasteiger partial charge in [0.2, 0.25) is 0 Å². The molecule has 0 unspecified atom stereocenters. The molecule has 0 spiro atoms. The fourth-order valence-corrected chi connectivity index (χ4v) is 3.11. The monoisotopic (exact) mass is 317 g/mol. The van der Waals surface area contributed by atoms with Crippen LogP contribution in [0.15, 0.2) is 30.3 Å². The van der Waals surface area contributed by atoms with E-state index >= 15 is 0 Å². The van der Waals surface area contributed by atoms with Crippen LogP contribution < -0.4 is 5.32 Å². The Morgan fingerprint density at radius 3 is 2.57 bits per heavy atom. The maximum absolute atomic E-state index is 12.1. The maximum atomic E-state index is 12.1. The van der Waals surface area contributed by atoms with Gasteiger partial charge in [0.05, 0.1) is 12.0 Å². The van der Waals surface area contributed by atoms with Gasteiger partial charge in [-0.1, -0.05) is 30.3 Å². The normalized spacial score (nSPS) is 26.9. The number of ether oxygens (including phenoxy) is 2. The smallest absolute Gasteiger partial charge is 0.408 e. The van der Waals surface area contributed by atoms with Crippen molar-refractivity contribution in [1.29, 1.82) is 0 Å². The van der Waals surface area contributed by atoms with Crippen LogP contribution in [0.5, 0.6) is 0 Å². The predicted octanol–water partition coefficient (Wildman–Crippen LogP) is 2.68. The lowest BCUT2D eigenvalue weighted by Crippen LogP contribution is -2.47. The van der Waals surface area contributed by atoms with Crippen LogP contribution in [0.25, 0.3) is 0 Å². The third-order valence-electron chi connectivity index (χ3n) is 4.21. The molecule has 3 rings (SSSR count). The van der Waals surface area contributed by atoms with Crippen LogP contribution in [0.3, 0.4) is 0 Å². The zero-order valence-corrected chi connectivity index (χ0v) is 13.7. The van der Waals surface area contributed by atoms with E-state index in [1.54, 1.807) is 0 Å². The predicted molar refractivity (Wildman–Crippen MR) is 84.8 cm³/mol. The molecule has 4 atom stereocenters. The number of carbonyl (C=O) groups excluding carboxylic acids is 2. The van der Waals surface area contributed by atoms with Crippen LogP contribution in [0.1, 0.15) is 32.8 Å². The summed E-state index contributed by atoms with van der Waals surface area (Å²) in [5.74, 6) is 0.119. The first-order valence-electron chi connectivity index (χ1n) is 8.07. The standard InChI is InChI=1S/C18H23NO4/c1-18(2,3)23-17(21)19-14(9-11-7-5-4-6-8-11)15-12-10-13(12)16(20)22-15/h4-8,12-15H,9-10H2,1-3H3,(H,19,21)/t12-,13+,14+,15+/m1/s1. The molecule has 1 aromatic rings. The van der Waals surface area contributed by atoms with E-state index in [0.717, 1.165) is 12.0 Å². The zero-order chi connectivity index (χ0) is 16.6. The van der Waals surface area contributed by atoms with Gasteiger partial charge in [-0.15, -0.1) is 0 Å². The molecule has 1 saturated carbocycles. The second kappa shape index (κ2) is 5.87. The van der Waals surface area contributed by atoms with Crippen molar-refractivity contribution < 1.29 is 19.1 Å². The minimum Gasteiger partial charge on any atom is -0.460 e. The van der Waals surface area contributed by atoms with E-state index < -0.39 is 11.7 Å². The summed E-state index contributed by atoms with van der Waals surface area (Å²) in [6.07, 6.45) is 0.741. The van der Waals surface area contributed by atoms with E-state index in [1.165, 1.54) is 0 Å². The zero-order valence-electron chi connectivity index (χ0n) is 13.7. The Hall–Kier alpha value is -2.04. The lowest BCUT2D eigenvalue weighted by Gasteiger charge is -2.27. The number of rotatable bonds is 4. The quantitative estimate of drug-likeness (QED) is 0.867. The van der Waals surface area contributed by atoms with Gasteiger partial charge in [-0.05, 0) is 39.2 Å². The van der Waals surface area contributed by atoms with Crippen LogP contribution in [-0.2, 0) is 20.7 Å². The number of hydrogen-bond acceptors (Lipinski definition) is 4. The van der Waals surface area contributed by atoms with Gasteiger partial charge in [-0.2, -0.15) is 0 Å². The molecule has 23 heavy (non-hydrogen) atoms. The highest BCUT2D eigenvalue weighted by molar-refractivity contribution is 5.79. The third kappa shape index (κ3) is 3.84. The Balaban J connectivity index is 1.71. The van der Waals surface area contributed by atoms with Gasteiger partial charge in [0, 0.05) is 5.92 Å². The molecule has 1 saturated heterocycles. The van der Waals surface area contributed by atoms with Crippen LogP contribution in [0.2, 0.25) is 0 Å². The van der Waals surface area contributed by atoms with Crippen LogP contribution in [-0.4, -0.2) is 29.8 Å². The van der Waals surface area contributed by atoms with Crippen molar-refractivity contribution in [2.45, 2.75) is 51.4 Å². The first-order chi connectivity index (χ1) is 10.8. The summed E-state index contributed by atoms with van der Waals surface area (Å²) in [6.45, 7) is 5.47. The lowest BCUT2D eigenvalue weighted by atomic mass is 9.98. The molecule has 0 radical (unpaired) electrons. The molecule has 0 aromatic heterocycles. The number of benzene rings is 1. The van der Waals surface area contributed by atoms with Crippen LogP contribution >= 0.6 is 0 Å². The number of esters is 1. The molecule has 1 aliphatic heterocycles. The molecule has 1 aliphatic carbocycles. The van der Waals surface area contributed by atoms with E-state index in [1.807, 2.05) is 51.1 Å². The van der Waals surface area contributed by atoms with Gasteiger partial charge in [0.1, 0.15) is 11.7 Å². The molecule has 1 N–H and O–H groups in total. The van der Waals surface area contributed by atoms with Gasteiger partial charge < -0.3 is 14.8 Å². The summed E-state index contributed by atoms with van der Waals surface area (Å²) >= 11 is 0. The number of carbonyl (C=O) groups is 2. The SMILES string of the molecule is CC(C)(C)OC(=O)N[C@@H](Cc1ccccc1)[C@H]1OC(=O)[C@H]2C[C@@H]12. The molecule has 2 fully saturated rings. The van der Waals surface area contributed by atoms with Crippen molar-refractivity contribution >= 4 is 12.1 Å². The Labute approximate surface area is 136 Å². The Bertz CT molecular complexity index is 593. The van der Waals surface area contributed by atoms with Crippen molar-refractivity contribution in [1.82, 2.24) is 5.32 Å². The molecule has 0 bridgehead atoms. The third-order valence-corrected chi connectivity index (χ3v) is 4.21. The van der Waals surface area contributed by atoms with Crippen molar-refractivity contribution in [2.24, 2.45) is 11.8 Å². The van der Waals surface area contributed by atoms with Gasteiger partial charge in [0.25, 0.3) is 0 Å². The Morgan fingerprint density at radius 1 is 1.35 bits per heavy atom. The second-order valence-corrected chi connectivity index (χ2v) is 7.35. The summed E-state index contributed by atoms with van der Waals surface area (Å²) in [6, 6.07) is 9.61. The molecule has 1 heterocycles. The summed E-state index contributed by atoms with van der Waals surface area (Å²) in [4.78, 5) is 23.9. The van der Waals surface area contributed by atoms with Crippen LogP contribution in [0, 0.1) is 11.8 Å². The summed E-state index contributed by atoms with van der Waals surface area (Å²) in [5, 5.41) is 2.90. The number of hydrogen-bond donors (Lipinski definition) is 1. The average molecular weight is 317 g/mol. The number of fused-ring (bicyclic) bond motifs is 1. The van der Waals surface area contributed by atoms with Gasteiger partial charge in [-0.3, -0.25) is 4.79 Å². The highest BCUT2D eigenvalue weighted by Crippen LogP contribution is 2.50. The Kier molecular flexibility index (Phi) is 4.04. The largest absolute Gasteiger partial charge is 0.460 e. The first kappa shape index (κ1) is 15.8. The van der Waals surface area contributed by atoms with E-state index in [9.17, 15) is 9.59 Å². The fraction of sp³-hybridized carbons (Fsp3) is 0.556. The lowest BCUT2D eigenvalue weighted by molar-refractivity contribution is -0.146. The average Bonchev–Trinajstić information content (AvgIpc) is 3.17. The van der Waals surface area contributed by atoms with Gasteiger partial charge in [0.15, 0.2) is 0 Å². The fourth-order valence-electron chi connectivity index (χ4n) is 3.11. The number of alkyl carbamates (subject to hydrolysis) is 1. The van der Waals surface area contributed by atoms with Crippen LogP contribution in [0.4, 0.5) is 4.79 Å². The number of cyclic esters (lactones) is 1. The molecule has 1 aromatic carbocycles. The Morgan fingerprint density at radius 2 is 2.04 bits per heavy atom. The molecule has 1 amide bonds. The topological polar surface area (TPSA) is 64.6 Å². The van der Waals surface area contributed by atoms with E-state index in [2.05, 4.69) is 5.32 Å². The molecule has 124 valence electrons. The van der Waals surface area contributed by atoms with Crippen molar-refractivity contribution in [2.75, 3.05) is 0 Å². The van der Waals surface area contributed by atoms with Crippen molar-refractivity contribution in [3.8, 4) is 0 Å². The number of nitrogens with one attached hydrogen (secondary N) is 1. The minimum absolute atomic E-state index is 0.0266. The summed E-state index contributed by atoms with van der Waals surface area (Å²) in [5.41, 5.74) is 0.532. The van der Waals surface area contributed by atoms with Crippen molar-refractivity contribution in [3.63, 3.8) is 0 Å².